The number of anilines is 1. The Morgan fingerprint density at radius 1 is 1.20 bits per heavy atom. The summed E-state index contributed by atoms with van der Waals surface area (Å²) in [7, 11) is 0. The second kappa shape index (κ2) is 4.58. The largest absolute Gasteiger partial charge is 0.361 e. The summed E-state index contributed by atoms with van der Waals surface area (Å²) in [6.07, 6.45) is 5.00. The molecule has 0 bridgehead atoms. The van der Waals surface area contributed by atoms with E-state index in [9.17, 15) is 0 Å². The van der Waals surface area contributed by atoms with E-state index in [4.69, 9.17) is 5.53 Å². The standard InChI is InChI=1S/C12H13N3/c13-15-12-9-5-4-8-11(12)14-10-6-2-1-3-7-10/h1-3,6-8,14H,4-5,9H2. The number of nitrogens with zero attached hydrogens (tertiary/aromatic N) is 2. The lowest BCUT2D eigenvalue weighted by molar-refractivity contribution is -0.00772. The number of benzene rings is 1. The van der Waals surface area contributed by atoms with Gasteiger partial charge >= 0.3 is 5.71 Å². The maximum atomic E-state index is 8.85. The van der Waals surface area contributed by atoms with Crippen molar-refractivity contribution >= 4 is 11.4 Å². The van der Waals surface area contributed by atoms with Crippen molar-refractivity contribution < 1.29 is 4.79 Å². The average Bonchev–Trinajstić information content (AvgIpc) is 2.31. The summed E-state index contributed by atoms with van der Waals surface area (Å²) in [4.78, 5) is 3.31. The first-order valence-electron chi connectivity index (χ1n) is 5.13. The van der Waals surface area contributed by atoms with Gasteiger partial charge in [0.2, 0.25) is 0 Å². The maximum absolute atomic E-state index is 8.85. The molecule has 0 radical (unpaired) electrons. The van der Waals surface area contributed by atoms with E-state index >= 15 is 0 Å². The lowest BCUT2D eigenvalue weighted by Gasteiger charge is -2.10. The van der Waals surface area contributed by atoms with E-state index in [1.807, 2.05) is 30.3 Å². The molecule has 1 N–H and O–H groups in total. The molecule has 1 aliphatic carbocycles. The predicted octanol–water partition coefficient (Wildman–Crippen LogP) is 2.84. The summed E-state index contributed by atoms with van der Waals surface area (Å²) in [6, 6.07) is 9.90. The van der Waals surface area contributed by atoms with Crippen molar-refractivity contribution in [2.45, 2.75) is 19.3 Å². The minimum atomic E-state index is 0.741. The Hall–Kier alpha value is -1.86. The Bertz CT molecular complexity index is 414. The Kier molecular flexibility index (Phi) is 2.96. The van der Waals surface area contributed by atoms with Crippen LogP contribution in [0.15, 0.2) is 42.1 Å². The highest BCUT2D eigenvalue weighted by Crippen LogP contribution is 2.17. The third-order valence-corrected chi connectivity index (χ3v) is 2.45. The highest BCUT2D eigenvalue weighted by molar-refractivity contribution is 5.99. The monoisotopic (exact) mass is 199 g/mol. The molecular weight excluding hydrogens is 186 g/mol. The molecule has 0 fully saturated rings. The van der Waals surface area contributed by atoms with E-state index in [1.54, 1.807) is 0 Å². The first-order chi connectivity index (χ1) is 7.40. The maximum Gasteiger partial charge on any atom is 0.314 e. The van der Waals surface area contributed by atoms with Crippen LogP contribution in [0.5, 0.6) is 0 Å². The van der Waals surface area contributed by atoms with Crippen LogP contribution in [0.4, 0.5) is 5.69 Å². The van der Waals surface area contributed by atoms with E-state index in [0.717, 1.165) is 36.4 Å². The van der Waals surface area contributed by atoms with Gasteiger partial charge in [-0.15, -0.1) is 0 Å². The second-order valence-corrected chi connectivity index (χ2v) is 3.55. The van der Waals surface area contributed by atoms with Gasteiger partial charge in [0.1, 0.15) is 5.70 Å². The Morgan fingerprint density at radius 2 is 2.00 bits per heavy atom. The number of hydrogen-bond donors (Lipinski definition) is 1. The lowest BCUT2D eigenvalue weighted by atomic mass is 10.0. The van der Waals surface area contributed by atoms with Crippen molar-refractivity contribution in [2.75, 3.05) is 5.32 Å². The van der Waals surface area contributed by atoms with Gasteiger partial charge in [0.15, 0.2) is 0 Å². The Labute approximate surface area is 89.1 Å². The fourth-order valence-electron chi connectivity index (χ4n) is 1.67. The molecule has 1 aliphatic rings. The minimum absolute atomic E-state index is 0.741. The van der Waals surface area contributed by atoms with Crippen LogP contribution in [-0.2, 0) is 0 Å². The normalized spacial score (nSPS) is 15.5. The molecule has 3 nitrogen and oxygen atoms in total. The lowest BCUT2D eigenvalue weighted by Crippen LogP contribution is -2.15. The molecule has 1 aromatic carbocycles. The Balaban J connectivity index is 2.18. The van der Waals surface area contributed by atoms with Gasteiger partial charge in [0.25, 0.3) is 0 Å². The third-order valence-electron chi connectivity index (χ3n) is 2.45. The van der Waals surface area contributed by atoms with Crippen LogP contribution in [0.2, 0.25) is 0 Å². The summed E-state index contributed by atoms with van der Waals surface area (Å²) >= 11 is 0. The van der Waals surface area contributed by atoms with Gasteiger partial charge in [-0.2, -0.15) is 4.79 Å². The van der Waals surface area contributed by atoms with E-state index in [1.165, 1.54) is 0 Å². The third kappa shape index (κ3) is 2.33. The molecule has 0 heterocycles. The van der Waals surface area contributed by atoms with Crippen LogP contribution in [0.3, 0.4) is 0 Å². The number of hydrogen-bond acceptors (Lipinski definition) is 1. The number of rotatable bonds is 2. The van der Waals surface area contributed by atoms with Crippen LogP contribution in [0.1, 0.15) is 19.3 Å². The fraction of sp³-hybridized carbons (Fsp3) is 0.250. The number of allylic oxidation sites excluding steroid dienone is 2. The summed E-state index contributed by atoms with van der Waals surface area (Å²) in [6.45, 7) is 0. The van der Waals surface area contributed by atoms with Crippen molar-refractivity contribution in [3.05, 3.63) is 47.6 Å². The first kappa shape index (κ1) is 9.69. The molecule has 0 aromatic heterocycles. The van der Waals surface area contributed by atoms with Gasteiger partial charge in [-0.05, 0) is 25.0 Å². The van der Waals surface area contributed by atoms with Crippen LogP contribution in [0, 0.1) is 0 Å². The van der Waals surface area contributed by atoms with Crippen LogP contribution >= 0.6 is 0 Å². The molecule has 2 rings (SSSR count). The second-order valence-electron chi connectivity index (χ2n) is 3.55. The van der Waals surface area contributed by atoms with Crippen LogP contribution in [-0.4, -0.2) is 10.5 Å². The van der Waals surface area contributed by atoms with Crippen molar-refractivity contribution in [3.8, 4) is 0 Å². The SMILES string of the molecule is [N-]=[N+]=C1CCCC=C1Nc1ccccc1. The quantitative estimate of drug-likeness (QED) is 0.577. The molecule has 76 valence electrons. The number of nitrogens with one attached hydrogen (secondary N) is 1. The van der Waals surface area contributed by atoms with Gasteiger partial charge in [-0.3, -0.25) is 0 Å². The van der Waals surface area contributed by atoms with Crippen molar-refractivity contribution in [3.63, 3.8) is 0 Å². The zero-order valence-electron chi connectivity index (χ0n) is 8.48. The van der Waals surface area contributed by atoms with E-state index in [2.05, 4.69) is 16.2 Å². The molecule has 0 aliphatic heterocycles. The van der Waals surface area contributed by atoms with Crippen LogP contribution < -0.4 is 5.32 Å². The van der Waals surface area contributed by atoms with Crippen molar-refractivity contribution in [1.29, 1.82) is 0 Å². The molecule has 0 saturated heterocycles. The summed E-state index contributed by atoms with van der Waals surface area (Å²) in [5, 5.41) is 3.25. The molecule has 0 amide bonds. The summed E-state index contributed by atoms with van der Waals surface area (Å²) in [5.41, 5.74) is 11.5. The molecule has 3 heteroatoms. The smallest absolute Gasteiger partial charge is 0.314 e. The highest BCUT2D eigenvalue weighted by atomic mass is 14.9. The van der Waals surface area contributed by atoms with Gasteiger partial charge in [-0.1, -0.05) is 24.3 Å². The van der Waals surface area contributed by atoms with Gasteiger partial charge in [-0.25, -0.2) is 0 Å². The molecule has 1 aromatic rings. The van der Waals surface area contributed by atoms with E-state index in [-0.39, 0.29) is 0 Å². The fourth-order valence-corrected chi connectivity index (χ4v) is 1.67. The summed E-state index contributed by atoms with van der Waals surface area (Å²) in [5.74, 6) is 0. The zero-order chi connectivity index (χ0) is 10.5. The Morgan fingerprint density at radius 3 is 2.73 bits per heavy atom. The van der Waals surface area contributed by atoms with E-state index in [0.29, 0.717) is 0 Å². The van der Waals surface area contributed by atoms with Gasteiger partial charge in [0, 0.05) is 5.69 Å². The van der Waals surface area contributed by atoms with Gasteiger partial charge in [0.05, 0.1) is 6.42 Å². The molecule has 0 unspecified atom stereocenters. The highest BCUT2D eigenvalue weighted by Gasteiger charge is 2.18. The van der Waals surface area contributed by atoms with Crippen LogP contribution in [0.25, 0.3) is 5.53 Å². The average molecular weight is 199 g/mol. The topological polar surface area (TPSA) is 48.4 Å². The van der Waals surface area contributed by atoms with Crippen molar-refractivity contribution in [2.24, 2.45) is 0 Å². The first-order valence-corrected chi connectivity index (χ1v) is 5.13. The zero-order valence-corrected chi connectivity index (χ0v) is 8.48. The number of para-hydroxylation sites is 1. The van der Waals surface area contributed by atoms with Gasteiger partial charge < -0.3 is 10.8 Å². The summed E-state index contributed by atoms with van der Waals surface area (Å²) < 4.78 is 0. The molecular formula is C12H13N3. The van der Waals surface area contributed by atoms with E-state index < -0.39 is 0 Å². The molecule has 15 heavy (non-hydrogen) atoms. The minimum Gasteiger partial charge on any atom is -0.361 e. The van der Waals surface area contributed by atoms with Crippen molar-refractivity contribution in [1.82, 2.24) is 0 Å². The predicted molar refractivity (Wildman–Crippen MR) is 60.6 cm³/mol. The molecule has 0 atom stereocenters. The molecule has 0 saturated carbocycles. The molecule has 0 spiro atoms.